The zero-order valence-electron chi connectivity index (χ0n) is 16.2. The van der Waals surface area contributed by atoms with E-state index in [0.717, 1.165) is 30.5 Å². The van der Waals surface area contributed by atoms with Crippen molar-refractivity contribution >= 4 is 11.9 Å². The Balaban J connectivity index is 1.42. The van der Waals surface area contributed by atoms with Gasteiger partial charge in [0.05, 0.1) is 18.9 Å². The maximum atomic E-state index is 12.8. The SMILES string of the molecule is O=C(Cn1ncnn1)N1CCCC2(CCc3c2nc(N2CCOCC2)[nH]c3=O)C1. The first kappa shape index (κ1) is 18.2. The van der Waals surface area contributed by atoms with Crippen molar-refractivity contribution in [1.82, 2.24) is 35.1 Å². The molecule has 2 saturated heterocycles. The number of rotatable bonds is 3. The number of nitrogens with one attached hydrogen (secondary N) is 1. The maximum absolute atomic E-state index is 12.8. The van der Waals surface area contributed by atoms with Gasteiger partial charge >= 0.3 is 0 Å². The number of aromatic nitrogens is 6. The van der Waals surface area contributed by atoms with E-state index in [2.05, 4.69) is 25.3 Å². The van der Waals surface area contributed by atoms with Crippen molar-refractivity contribution in [3.8, 4) is 0 Å². The summed E-state index contributed by atoms with van der Waals surface area (Å²) in [5.41, 5.74) is 1.34. The molecule has 1 aliphatic carbocycles. The third-order valence-corrected chi connectivity index (χ3v) is 6.27. The molecule has 1 spiro atoms. The number of hydrogen-bond acceptors (Lipinski definition) is 8. The van der Waals surface area contributed by atoms with Crippen LogP contribution in [0.1, 0.15) is 30.5 Å². The molecule has 5 rings (SSSR count). The minimum atomic E-state index is -0.256. The number of tetrazole rings is 1. The zero-order chi connectivity index (χ0) is 19.8. The number of anilines is 1. The predicted octanol–water partition coefficient (Wildman–Crippen LogP) is -0.900. The molecule has 1 atom stereocenters. The Morgan fingerprint density at radius 1 is 1.24 bits per heavy atom. The first-order valence-corrected chi connectivity index (χ1v) is 10.1. The molecule has 11 heteroatoms. The van der Waals surface area contributed by atoms with Gasteiger partial charge in [-0.15, -0.1) is 10.2 Å². The third kappa shape index (κ3) is 3.28. The van der Waals surface area contributed by atoms with E-state index in [0.29, 0.717) is 51.8 Å². The van der Waals surface area contributed by atoms with Crippen LogP contribution in [0.5, 0.6) is 0 Å². The molecular formula is C18H24N8O3. The highest BCUT2D eigenvalue weighted by molar-refractivity contribution is 5.76. The zero-order valence-corrected chi connectivity index (χ0v) is 16.2. The second kappa shape index (κ2) is 7.21. The molecule has 1 N–H and O–H groups in total. The number of hydrogen-bond donors (Lipinski definition) is 1. The molecule has 0 bridgehead atoms. The van der Waals surface area contributed by atoms with Gasteiger partial charge in [0.25, 0.3) is 5.56 Å². The highest BCUT2D eigenvalue weighted by Gasteiger charge is 2.46. The Kier molecular flexibility index (Phi) is 4.53. The van der Waals surface area contributed by atoms with Crippen LogP contribution in [-0.2, 0) is 27.9 Å². The fraction of sp³-hybridized carbons (Fsp3) is 0.667. The topological polar surface area (TPSA) is 122 Å². The lowest BCUT2D eigenvalue weighted by Gasteiger charge is -2.40. The number of H-pyrrole nitrogens is 1. The summed E-state index contributed by atoms with van der Waals surface area (Å²) in [6, 6.07) is 0. The van der Waals surface area contributed by atoms with Crippen molar-refractivity contribution in [2.45, 2.75) is 37.6 Å². The number of amides is 1. The molecule has 4 heterocycles. The van der Waals surface area contributed by atoms with Gasteiger partial charge in [0.1, 0.15) is 6.54 Å². The summed E-state index contributed by atoms with van der Waals surface area (Å²) in [4.78, 5) is 38.7. The molecule has 154 valence electrons. The van der Waals surface area contributed by atoms with Crippen molar-refractivity contribution < 1.29 is 9.53 Å². The van der Waals surface area contributed by atoms with E-state index in [9.17, 15) is 9.59 Å². The van der Waals surface area contributed by atoms with Crippen LogP contribution in [-0.4, -0.2) is 80.4 Å². The van der Waals surface area contributed by atoms with Gasteiger partial charge in [-0.1, -0.05) is 0 Å². The van der Waals surface area contributed by atoms with Crippen LogP contribution in [0.25, 0.3) is 0 Å². The van der Waals surface area contributed by atoms with E-state index in [1.165, 1.54) is 11.1 Å². The standard InChI is InChI=1S/C18H24N8O3/c27-14(10-26-20-12-19-23-26)25-5-1-3-18(11-25)4-2-13-15(18)21-17(22-16(13)28)24-6-8-29-9-7-24/h12H,1-11H2,(H,21,22,28). The van der Waals surface area contributed by atoms with Gasteiger partial charge in [-0.25, -0.2) is 4.98 Å². The van der Waals surface area contributed by atoms with Crippen LogP contribution in [0, 0.1) is 0 Å². The molecular weight excluding hydrogens is 376 g/mol. The molecule has 3 aliphatic rings. The van der Waals surface area contributed by atoms with Gasteiger partial charge < -0.3 is 14.5 Å². The number of morpholine rings is 1. The second-order valence-corrected chi connectivity index (χ2v) is 7.98. The Morgan fingerprint density at radius 3 is 2.90 bits per heavy atom. The molecule has 2 aromatic rings. The lowest BCUT2D eigenvalue weighted by molar-refractivity contribution is -0.134. The summed E-state index contributed by atoms with van der Waals surface area (Å²) in [7, 11) is 0. The average Bonchev–Trinajstić information content (AvgIpc) is 3.38. The Morgan fingerprint density at radius 2 is 2.10 bits per heavy atom. The Hall–Kier alpha value is -2.82. The predicted molar refractivity (Wildman–Crippen MR) is 102 cm³/mol. The molecule has 0 radical (unpaired) electrons. The fourth-order valence-electron chi connectivity index (χ4n) is 4.79. The van der Waals surface area contributed by atoms with Crippen molar-refractivity contribution in [2.75, 3.05) is 44.3 Å². The van der Waals surface area contributed by atoms with Crippen molar-refractivity contribution in [3.05, 3.63) is 27.9 Å². The summed E-state index contributed by atoms with van der Waals surface area (Å²) in [5, 5.41) is 11.4. The number of piperidine rings is 1. The van der Waals surface area contributed by atoms with Gasteiger partial charge in [0.15, 0.2) is 6.33 Å². The molecule has 1 unspecified atom stereocenters. The summed E-state index contributed by atoms with van der Waals surface area (Å²) >= 11 is 0. The largest absolute Gasteiger partial charge is 0.378 e. The fourth-order valence-corrected chi connectivity index (χ4v) is 4.79. The third-order valence-electron chi connectivity index (χ3n) is 6.27. The number of likely N-dealkylation sites (tertiary alicyclic amines) is 1. The van der Waals surface area contributed by atoms with Crippen molar-refractivity contribution in [2.24, 2.45) is 0 Å². The van der Waals surface area contributed by atoms with Crippen molar-refractivity contribution in [3.63, 3.8) is 0 Å². The molecule has 1 amide bonds. The number of carbonyl (C=O) groups excluding carboxylic acids is 1. The Labute approximate surface area is 167 Å². The minimum Gasteiger partial charge on any atom is -0.378 e. The first-order valence-electron chi connectivity index (χ1n) is 10.1. The monoisotopic (exact) mass is 400 g/mol. The second-order valence-electron chi connectivity index (χ2n) is 7.98. The minimum absolute atomic E-state index is 0.0335. The number of aromatic amines is 1. The van der Waals surface area contributed by atoms with E-state index in [1.807, 2.05) is 4.90 Å². The summed E-state index contributed by atoms with van der Waals surface area (Å²) in [5.74, 6) is 0.586. The van der Waals surface area contributed by atoms with Crippen molar-refractivity contribution in [1.29, 1.82) is 0 Å². The quantitative estimate of drug-likeness (QED) is 0.703. The van der Waals surface area contributed by atoms with E-state index >= 15 is 0 Å². The van der Waals surface area contributed by atoms with Gasteiger partial charge in [-0.2, -0.15) is 4.80 Å². The van der Waals surface area contributed by atoms with E-state index in [4.69, 9.17) is 9.72 Å². The van der Waals surface area contributed by atoms with E-state index < -0.39 is 0 Å². The smallest absolute Gasteiger partial charge is 0.255 e. The van der Waals surface area contributed by atoms with Crippen LogP contribution < -0.4 is 10.5 Å². The lowest BCUT2D eigenvalue weighted by atomic mass is 9.77. The molecule has 2 aromatic heterocycles. The van der Waals surface area contributed by atoms with Crippen LogP contribution in [0.2, 0.25) is 0 Å². The highest BCUT2D eigenvalue weighted by atomic mass is 16.5. The number of fused-ring (bicyclic) bond motifs is 2. The maximum Gasteiger partial charge on any atom is 0.255 e. The highest BCUT2D eigenvalue weighted by Crippen LogP contribution is 2.43. The Bertz CT molecular complexity index is 953. The van der Waals surface area contributed by atoms with Gasteiger partial charge in [0.2, 0.25) is 11.9 Å². The first-order chi connectivity index (χ1) is 14.1. The summed E-state index contributed by atoms with van der Waals surface area (Å²) in [6.45, 7) is 4.03. The molecule has 2 aliphatic heterocycles. The van der Waals surface area contributed by atoms with Crippen LogP contribution in [0.4, 0.5) is 5.95 Å². The molecule has 0 aromatic carbocycles. The molecule has 11 nitrogen and oxygen atoms in total. The van der Waals surface area contributed by atoms with Crippen LogP contribution in [0.15, 0.2) is 11.1 Å². The molecule has 0 saturated carbocycles. The summed E-state index contributed by atoms with van der Waals surface area (Å²) in [6.07, 6.45) is 4.69. The van der Waals surface area contributed by atoms with Gasteiger partial charge in [-0.05, 0) is 30.9 Å². The lowest BCUT2D eigenvalue weighted by Crippen LogP contribution is -2.49. The number of nitrogens with zero attached hydrogens (tertiary/aromatic N) is 7. The normalized spacial score (nSPS) is 24.1. The number of carbonyl (C=O) groups is 1. The van der Waals surface area contributed by atoms with Gasteiger partial charge in [0, 0.05) is 37.2 Å². The molecule has 29 heavy (non-hydrogen) atoms. The van der Waals surface area contributed by atoms with E-state index in [1.54, 1.807) is 0 Å². The van der Waals surface area contributed by atoms with E-state index in [-0.39, 0.29) is 23.4 Å². The van der Waals surface area contributed by atoms with Crippen LogP contribution >= 0.6 is 0 Å². The number of ether oxygens (including phenoxy) is 1. The summed E-state index contributed by atoms with van der Waals surface area (Å²) < 4.78 is 5.42. The molecule has 2 fully saturated rings. The van der Waals surface area contributed by atoms with Gasteiger partial charge in [-0.3, -0.25) is 14.6 Å². The average molecular weight is 400 g/mol. The van der Waals surface area contributed by atoms with Crippen LogP contribution in [0.3, 0.4) is 0 Å².